The SMILES string of the molecule is C=CCOC(C(=O)O[C@H]1[C@H](C)[C@@H](O[C@@H]2O[C@H](C)C[C@H](N(C)C)[C@H]2O)[C@](C)(O)C[C@@H](C)CN(C)[C@@H]2OC(=O)OC2[C@](C)(O)[C@@H](CC)OC(=O)[C@@H]1C)c1ccccc1. The molecule has 316 valence electrons. The van der Waals surface area contributed by atoms with E-state index in [1.165, 1.54) is 19.9 Å². The monoisotopic (exact) mass is 792 g/mol. The molecule has 1 aromatic rings. The zero-order chi connectivity index (χ0) is 41.7. The van der Waals surface area contributed by atoms with Gasteiger partial charge in [-0.15, -0.1) is 6.58 Å². The first-order valence-corrected chi connectivity index (χ1v) is 19.6. The second-order valence-corrected chi connectivity index (χ2v) is 16.6. The Kier molecular flexibility index (Phi) is 15.5. The molecular formula is C41H64N2O13. The standard InChI is InChI=1S/C41H64N2O13/c1-12-19-50-32(27-17-15-14-16-18-27)37(46)53-31-25(5)33(54-38-30(44)28(42(9)10)20-24(4)51-38)40(7,48)21-23(3)22-43(11)35-34(55-39(47)56-35)41(8,49)29(13-2)52-36(45)26(31)6/h12,14-18,23-26,28-35,38,44,48-49H,1,13,19-22H2,2-11H3/t23-,24-,25+,26-,28+,29-,30-,31+,32?,33-,34?,35-,38+,40-,41-/m1/s1. The third-order valence-corrected chi connectivity index (χ3v) is 11.3. The number of likely N-dealkylation sites (N-methyl/N-ethyl adjacent to an activating group) is 2. The van der Waals surface area contributed by atoms with Crippen molar-refractivity contribution in [3.05, 3.63) is 48.6 Å². The van der Waals surface area contributed by atoms with Crippen LogP contribution in [0.5, 0.6) is 0 Å². The maximum Gasteiger partial charge on any atom is 0.510 e. The van der Waals surface area contributed by atoms with Gasteiger partial charge in [-0.25, -0.2) is 9.59 Å². The quantitative estimate of drug-likeness (QED) is 0.178. The number of aliphatic hydroxyl groups excluding tert-OH is 1. The fraction of sp³-hybridized carbons (Fsp3) is 0.732. The van der Waals surface area contributed by atoms with Gasteiger partial charge in [0.25, 0.3) is 0 Å². The van der Waals surface area contributed by atoms with E-state index in [1.807, 2.05) is 32.8 Å². The highest BCUT2D eigenvalue weighted by molar-refractivity contribution is 5.78. The van der Waals surface area contributed by atoms with Gasteiger partial charge in [0.05, 0.1) is 30.3 Å². The average molecular weight is 793 g/mol. The van der Waals surface area contributed by atoms with Gasteiger partial charge in [-0.1, -0.05) is 57.2 Å². The lowest BCUT2D eigenvalue weighted by atomic mass is 9.77. The maximum atomic E-state index is 14.3. The Morgan fingerprint density at radius 1 is 1.09 bits per heavy atom. The Morgan fingerprint density at radius 2 is 1.75 bits per heavy atom. The number of hydrogen-bond acceptors (Lipinski definition) is 15. The summed E-state index contributed by atoms with van der Waals surface area (Å²) in [4.78, 5) is 44.7. The highest BCUT2D eigenvalue weighted by Crippen LogP contribution is 2.39. The molecule has 0 amide bonds. The van der Waals surface area contributed by atoms with Gasteiger partial charge in [0.15, 0.2) is 24.7 Å². The average Bonchev–Trinajstić information content (AvgIpc) is 3.54. The molecule has 3 saturated heterocycles. The first kappa shape index (κ1) is 45.6. The van der Waals surface area contributed by atoms with Crippen LogP contribution in [0.3, 0.4) is 0 Å². The predicted molar refractivity (Wildman–Crippen MR) is 204 cm³/mol. The van der Waals surface area contributed by atoms with Gasteiger partial charge in [0, 0.05) is 18.5 Å². The van der Waals surface area contributed by atoms with Crippen LogP contribution >= 0.6 is 0 Å². The van der Waals surface area contributed by atoms with E-state index in [9.17, 15) is 29.7 Å². The van der Waals surface area contributed by atoms with E-state index < -0.39 is 90.3 Å². The molecule has 2 unspecified atom stereocenters. The Labute approximate surface area is 331 Å². The van der Waals surface area contributed by atoms with Crippen LogP contribution in [-0.2, 0) is 42.7 Å². The largest absolute Gasteiger partial charge is 0.510 e. The van der Waals surface area contributed by atoms with Crippen LogP contribution in [0.15, 0.2) is 43.0 Å². The number of hydrogen-bond donors (Lipinski definition) is 3. The predicted octanol–water partition coefficient (Wildman–Crippen LogP) is 3.58. The molecule has 3 aliphatic heterocycles. The summed E-state index contributed by atoms with van der Waals surface area (Å²) in [6.07, 6.45) is -8.61. The van der Waals surface area contributed by atoms with Crippen LogP contribution in [0.1, 0.15) is 79.4 Å². The van der Waals surface area contributed by atoms with E-state index >= 15 is 0 Å². The summed E-state index contributed by atoms with van der Waals surface area (Å²) in [7, 11) is 5.40. The van der Waals surface area contributed by atoms with Crippen molar-refractivity contribution in [2.24, 2.45) is 17.8 Å². The lowest BCUT2D eigenvalue weighted by Gasteiger charge is -2.47. The van der Waals surface area contributed by atoms with Gasteiger partial charge >= 0.3 is 18.1 Å². The van der Waals surface area contributed by atoms with Gasteiger partial charge in [-0.3, -0.25) is 9.69 Å². The fourth-order valence-electron chi connectivity index (χ4n) is 8.50. The molecule has 0 spiro atoms. The summed E-state index contributed by atoms with van der Waals surface area (Å²) in [5.74, 6) is -4.12. The summed E-state index contributed by atoms with van der Waals surface area (Å²) < 4.78 is 42.1. The van der Waals surface area contributed by atoms with Crippen molar-refractivity contribution in [2.75, 3.05) is 34.3 Å². The van der Waals surface area contributed by atoms with Crippen LogP contribution in [0.25, 0.3) is 0 Å². The lowest BCUT2D eigenvalue weighted by Crippen LogP contribution is -2.59. The molecule has 15 heteroatoms. The minimum atomic E-state index is -1.92. The number of ether oxygens (including phenoxy) is 7. The van der Waals surface area contributed by atoms with Crippen molar-refractivity contribution in [1.82, 2.24) is 9.80 Å². The van der Waals surface area contributed by atoms with Gasteiger partial charge in [-0.05, 0) is 79.6 Å². The molecule has 15 nitrogen and oxygen atoms in total. The zero-order valence-electron chi connectivity index (χ0n) is 34.5. The highest BCUT2D eigenvalue weighted by Gasteiger charge is 2.56. The summed E-state index contributed by atoms with van der Waals surface area (Å²) in [5.41, 5.74) is -3.12. The smallest absolute Gasteiger partial charge is 0.459 e. The molecule has 3 fully saturated rings. The number of fused-ring (bicyclic) bond motifs is 1. The van der Waals surface area contributed by atoms with E-state index in [-0.39, 0.29) is 44.1 Å². The number of cyclic esters (lactones) is 1. The Balaban J connectivity index is 1.85. The first-order chi connectivity index (χ1) is 26.2. The summed E-state index contributed by atoms with van der Waals surface area (Å²) in [6.45, 7) is 15.7. The molecule has 0 aromatic heterocycles. The van der Waals surface area contributed by atoms with Crippen LogP contribution < -0.4 is 0 Å². The molecule has 0 bridgehead atoms. The minimum absolute atomic E-state index is 0.0190. The van der Waals surface area contributed by atoms with Crippen molar-refractivity contribution in [1.29, 1.82) is 0 Å². The molecule has 3 heterocycles. The molecule has 0 saturated carbocycles. The van der Waals surface area contributed by atoms with Crippen LogP contribution in [-0.4, -0.2) is 144 Å². The zero-order valence-corrected chi connectivity index (χ0v) is 34.5. The normalized spacial score (nSPS) is 39.6. The van der Waals surface area contributed by atoms with Gasteiger partial charge in [-0.2, -0.15) is 0 Å². The Bertz CT molecular complexity index is 1470. The number of rotatable bonds is 10. The minimum Gasteiger partial charge on any atom is -0.459 e. The van der Waals surface area contributed by atoms with E-state index in [0.29, 0.717) is 12.0 Å². The molecule has 0 aliphatic carbocycles. The molecule has 15 atom stereocenters. The number of benzene rings is 1. The van der Waals surface area contributed by atoms with Gasteiger partial charge in [0.1, 0.15) is 23.9 Å². The molecule has 3 N–H and O–H groups in total. The summed E-state index contributed by atoms with van der Waals surface area (Å²) in [6, 6.07) is 8.40. The van der Waals surface area contributed by atoms with E-state index in [4.69, 9.17) is 33.2 Å². The number of carbonyl (C=O) groups excluding carboxylic acids is 3. The van der Waals surface area contributed by atoms with Crippen LogP contribution in [0, 0.1) is 17.8 Å². The second-order valence-electron chi connectivity index (χ2n) is 16.6. The van der Waals surface area contributed by atoms with Crippen molar-refractivity contribution in [3.8, 4) is 0 Å². The molecule has 1 aromatic carbocycles. The molecular weight excluding hydrogens is 728 g/mol. The highest BCUT2D eigenvalue weighted by atomic mass is 16.8. The van der Waals surface area contributed by atoms with Crippen molar-refractivity contribution >= 4 is 18.1 Å². The third-order valence-electron chi connectivity index (χ3n) is 11.3. The number of esters is 2. The Morgan fingerprint density at radius 3 is 2.36 bits per heavy atom. The fourth-order valence-corrected chi connectivity index (χ4v) is 8.50. The number of carbonyl (C=O) groups is 3. The van der Waals surface area contributed by atoms with Crippen molar-refractivity contribution in [2.45, 2.75) is 140 Å². The molecule has 3 aliphatic rings. The van der Waals surface area contributed by atoms with Crippen LogP contribution in [0.2, 0.25) is 0 Å². The maximum absolute atomic E-state index is 14.3. The molecule has 56 heavy (non-hydrogen) atoms. The summed E-state index contributed by atoms with van der Waals surface area (Å²) >= 11 is 0. The van der Waals surface area contributed by atoms with Crippen molar-refractivity contribution < 1.29 is 62.9 Å². The number of aliphatic hydroxyl groups is 3. The number of nitrogens with zero attached hydrogens (tertiary/aromatic N) is 2. The van der Waals surface area contributed by atoms with E-state index in [0.717, 1.165) is 0 Å². The Hall–Kier alpha value is -3.15. The van der Waals surface area contributed by atoms with Crippen LogP contribution in [0.4, 0.5) is 4.79 Å². The van der Waals surface area contributed by atoms with Gasteiger partial charge in [0.2, 0.25) is 0 Å². The second kappa shape index (κ2) is 19.1. The summed E-state index contributed by atoms with van der Waals surface area (Å²) in [5, 5.41) is 36.1. The lowest BCUT2D eigenvalue weighted by molar-refractivity contribution is -0.299. The van der Waals surface area contributed by atoms with E-state index in [1.54, 1.807) is 63.1 Å². The van der Waals surface area contributed by atoms with E-state index in [2.05, 4.69) is 6.58 Å². The molecule has 0 radical (unpaired) electrons. The molecule has 4 rings (SSSR count). The topological polar surface area (TPSA) is 183 Å². The van der Waals surface area contributed by atoms with Crippen molar-refractivity contribution in [3.63, 3.8) is 0 Å². The van der Waals surface area contributed by atoms with Gasteiger partial charge < -0.3 is 53.4 Å². The first-order valence-electron chi connectivity index (χ1n) is 19.6. The third kappa shape index (κ3) is 10.5.